The smallest absolute Gasteiger partial charge is 0.276 e. The van der Waals surface area contributed by atoms with Crippen molar-refractivity contribution >= 4 is 45.2 Å². The van der Waals surface area contributed by atoms with Gasteiger partial charge in [0.1, 0.15) is 11.4 Å². The Kier molecular flexibility index (Phi) is 5.36. The van der Waals surface area contributed by atoms with Crippen LogP contribution >= 0.6 is 28.1 Å². The summed E-state index contributed by atoms with van der Waals surface area (Å²) >= 11 is 8.59. The number of thiocarbonyl (C=S) groups is 1. The Labute approximate surface area is 138 Å². The zero-order valence-corrected chi connectivity index (χ0v) is 14.4. The van der Waals surface area contributed by atoms with Crippen LogP contribution in [0.25, 0.3) is 6.08 Å². The molecule has 0 unspecified atom stereocenters. The number of nitrogens with zero attached hydrogens (tertiary/aromatic N) is 1. The first kappa shape index (κ1) is 16.0. The van der Waals surface area contributed by atoms with E-state index in [2.05, 4.69) is 28.2 Å². The van der Waals surface area contributed by atoms with Crippen LogP contribution in [0.4, 0.5) is 0 Å². The lowest BCUT2D eigenvalue weighted by Gasteiger charge is -2.10. The van der Waals surface area contributed by atoms with Crippen molar-refractivity contribution in [2.24, 2.45) is 0 Å². The van der Waals surface area contributed by atoms with Gasteiger partial charge in [-0.3, -0.25) is 9.69 Å². The molecule has 0 bridgehead atoms. The van der Waals surface area contributed by atoms with Crippen LogP contribution in [0.3, 0.4) is 0 Å². The Morgan fingerprint density at radius 1 is 1.43 bits per heavy atom. The van der Waals surface area contributed by atoms with E-state index in [4.69, 9.17) is 17.0 Å². The van der Waals surface area contributed by atoms with Crippen molar-refractivity contribution in [3.05, 3.63) is 33.9 Å². The standard InChI is InChI=1S/C15H17BrN2O2S/c1-3-7-20-13-6-5-11(16)8-10(13)9-12-14(19)18(4-2)15(21)17-12/h5-6,8-9H,3-4,7H2,1-2H3,(H,17,21)/b12-9+. The number of carbonyl (C=O) groups excluding carboxylic acids is 1. The highest BCUT2D eigenvalue weighted by Crippen LogP contribution is 2.26. The van der Waals surface area contributed by atoms with Crippen molar-refractivity contribution in [2.45, 2.75) is 20.3 Å². The molecule has 1 aromatic carbocycles. The van der Waals surface area contributed by atoms with Crippen molar-refractivity contribution in [1.29, 1.82) is 0 Å². The summed E-state index contributed by atoms with van der Waals surface area (Å²) in [5.41, 5.74) is 1.32. The summed E-state index contributed by atoms with van der Waals surface area (Å²) in [7, 11) is 0. The molecule has 0 atom stereocenters. The monoisotopic (exact) mass is 368 g/mol. The van der Waals surface area contributed by atoms with Crippen molar-refractivity contribution in [3.63, 3.8) is 0 Å². The van der Waals surface area contributed by atoms with E-state index < -0.39 is 0 Å². The van der Waals surface area contributed by atoms with E-state index in [1.807, 2.05) is 25.1 Å². The average Bonchev–Trinajstić information content (AvgIpc) is 2.72. The fourth-order valence-corrected chi connectivity index (χ4v) is 2.69. The second-order valence-corrected chi connectivity index (χ2v) is 5.87. The average molecular weight is 369 g/mol. The van der Waals surface area contributed by atoms with Gasteiger partial charge >= 0.3 is 0 Å². The lowest BCUT2D eigenvalue weighted by atomic mass is 10.1. The molecule has 2 rings (SSSR count). The summed E-state index contributed by atoms with van der Waals surface area (Å²) in [6, 6.07) is 5.73. The van der Waals surface area contributed by atoms with E-state index in [1.54, 1.807) is 6.08 Å². The molecule has 1 saturated heterocycles. The molecule has 1 aliphatic heterocycles. The number of amides is 1. The number of hydrogen-bond donors (Lipinski definition) is 1. The van der Waals surface area contributed by atoms with Crippen LogP contribution in [-0.2, 0) is 4.79 Å². The first-order chi connectivity index (χ1) is 10.1. The summed E-state index contributed by atoms with van der Waals surface area (Å²) in [5.74, 6) is 0.645. The third-order valence-electron chi connectivity index (χ3n) is 3.01. The number of ether oxygens (including phenoxy) is 1. The van der Waals surface area contributed by atoms with E-state index in [9.17, 15) is 4.79 Å². The number of likely N-dealkylation sites (N-methyl/N-ethyl adjacent to an activating group) is 1. The number of benzene rings is 1. The van der Waals surface area contributed by atoms with Crippen molar-refractivity contribution < 1.29 is 9.53 Å². The summed E-state index contributed by atoms with van der Waals surface area (Å²) in [6.07, 6.45) is 2.71. The van der Waals surface area contributed by atoms with Gasteiger partial charge in [-0.15, -0.1) is 0 Å². The normalized spacial score (nSPS) is 16.5. The summed E-state index contributed by atoms with van der Waals surface area (Å²) < 4.78 is 6.65. The van der Waals surface area contributed by atoms with E-state index in [0.717, 1.165) is 22.2 Å². The number of halogens is 1. The topological polar surface area (TPSA) is 41.6 Å². The van der Waals surface area contributed by atoms with Crippen LogP contribution in [0.15, 0.2) is 28.4 Å². The van der Waals surface area contributed by atoms with Gasteiger partial charge in [-0.1, -0.05) is 22.9 Å². The summed E-state index contributed by atoms with van der Waals surface area (Å²) in [6.45, 7) is 5.14. The molecule has 0 spiro atoms. The van der Waals surface area contributed by atoms with Gasteiger partial charge in [-0.05, 0) is 49.8 Å². The molecular formula is C15H17BrN2O2S. The van der Waals surface area contributed by atoms with Gasteiger partial charge in [0.15, 0.2) is 5.11 Å². The molecule has 112 valence electrons. The van der Waals surface area contributed by atoms with Gasteiger partial charge in [-0.25, -0.2) is 0 Å². The molecule has 1 aliphatic rings. The number of nitrogens with one attached hydrogen (secondary N) is 1. The highest BCUT2D eigenvalue weighted by molar-refractivity contribution is 9.10. The van der Waals surface area contributed by atoms with Crippen molar-refractivity contribution in [3.8, 4) is 5.75 Å². The molecule has 0 saturated carbocycles. The van der Waals surface area contributed by atoms with Gasteiger partial charge in [0.25, 0.3) is 5.91 Å². The highest BCUT2D eigenvalue weighted by Gasteiger charge is 2.29. The fourth-order valence-electron chi connectivity index (χ4n) is 1.99. The number of hydrogen-bond acceptors (Lipinski definition) is 3. The SMILES string of the molecule is CCCOc1ccc(Br)cc1/C=C1/NC(=S)N(CC)C1=O. The lowest BCUT2D eigenvalue weighted by Crippen LogP contribution is -2.30. The summed E-state index contributed by atoms with van der Waals surface area (Å²) in [4.78, 5) is 13.8. The quantitative estimate of drug-likeness (QED) is 0.639. The van der Waals surface area contributed by atoms with Crippen molar-refractivity contribution in [1.82, 2.24) is 10.2 Å². The van der Waals surface area contributed by atoms with E-state index in [1.165, 1.54) is 4.90 Å². The van der Waals surface area contributed by atoms with Crippen LogP contribution in [0.5, 0.6) is 5.75 Å². The molecule has 0 aromatic heterocycles. The Morgan fingerprint density at radius 2 is 2.19 bits per heavy atom. The minimum Gasteiger partial charge on any atom is -0.493 e. The maximum Gasteiger partial charge on any atom is 0.276 e. The second-order valence-electron chi connectivity index (χ2n) is 4.57. The van der Waals surface area contributed by atoms with Crippen molar-refractivity contribution in [2.75, 3.05) is 13.2 Å². The minimum atomic E-state index is -0.107. The number of carbonyl (C=O) groups is 1. The fraction of sp³-hybridized carbons (Fsp3) is 0.333. The third-order valence-corrected chi connectivity index (χ3v) is 3.83. The van der Waals surface area contributed by atoms with E-state index >= 15 is 0 Å². The molecule has 4 nitrogen and oxygen atoms in total. The molecule has 1 aromatic rings. The Balaban J connectivity index is 2.34. The Hall–Kier alpha value is -1.40. The predicted octanol–water partition coefficient (Wildman–Crippen LogP) is 3.32. The van der Waals surface area contributed by atoms with Crippen LogP contribution < -0.4 is 10.1 Å². The highest BCUT2D eigenvalue weighted by atomic mass is 79.9. The van der Waals surface area contributed by atoms with Gasteiger partial charge in [0.05, 0.1) is 6.61 Å². The van der Waals surface area contributed by atoms with E-state index in [0.29, 0.717) is 24.0 Å². The maximum atomic E-state index is 12.2. The zero-order chi connectivity index (χ0) is 15.4. The van der Waals surface area contributed by atoms with Crippen LogP contribution in [-0.4, -0.2) is 29.1 Å². The lowest BCUT2D eigenvalue weighted by molar-refractivity contribution is -0.122. The molecule has 1 amide bonds. The van der Waals surface area contributed by atoms with Crippen LogP contribution in [0.1, 0.15) is 25.8 Å². The molecule has 0 aliphatic carbocycles. The maximum absolute atomic E-state index is 12.2. The largest absolute Gasteiger partial charge is 0.493 e. The first-order valence-corrected chi connectivity index (χ1v) is 8.03. The summed E-state index contributed by atoms with van der Waals surface area (Å²) in [5, 5.41) is 3.40. The molecular weight excluding hydrogens is 352 g/mol. The molecule has 1 N–H and O–H groups in total. The molecule has 0 radical (unpaired) electrons. The zero-order valence-electron chi connectivity index (χ0n) is 12.0. The Bertz CT molecular complexity index is 601. The molecule has 6 heteroatoms. The van der Waals surface area contributed by atoms with Gasteiger partial charge < -0.3 is 10.1 Å². The second kappa shape index (κ2) is 7.04. The Morgan fingerprint density at radius 3 is 2.81 bits per heavy atom. The van der Waals surface area contributed by atoms with Crippen LogP contribution in [0, 0.1) is 0 Å². The predicted molar refractivity (Wildman–Crippen MR) is 91.0 cm³/mol. The van der Waals surface area contributed by atoms with Gasteiger partial charge in [-0.2, -0.15) is 0 Å². The van der Waals surface area contributed by atoms with Crippen LogP contribution in [0.2, 0.25) is 0 Å². The third kappa shape index (κ3) is 3.63. The first-order valence-electron chi connectivity index (χ1n) is 6.83. The molecule has 1 heterocycles. The number of rotatable bonds is 5. The minimum absolute atomic E-state index is 0.107. The molecule has 21 heavy (non-hydrogen) atoms. The van der Waals surface area contributed by atoms with Gasteiger partial charge in [0.2, 0.25) is 0 Å². The van der Waals surface area contributed by atoms with E-state index in [-0.39, 0.29) is 5.91 Å². The van der Waals surface area contributed by atoms with Gasteiger partial charge in [0, 0.05) is 16.6 Å². The molecule has 1 fully saturated rings.